The molecule has 0 bridgehead atoms. The molecule has 1 aromatic carbocycles. The highest BCUT2D eigenvalue weighted by molar-refractivity contribution is 9.10. The monoisotopic (exact) mass is 251 g/mol. The van der Waals surface area contributed by atoms with Gasteiger partial charge in [-0.25, -0.2) is 9.89 Å². The van der Waals surface area contributed by atoms with Crippen molar-refractivity contribution in [2.75, 3.05) is 0 Å². The first-order valence-corrected chi connectivity index (χ1v) is 4.73. The van der Waals surface area contributed by atoms with Crippen LogP contribution in [0.4, 0.5) is 0 Å². The number of nitrogens with zero attached hydrogens (tertiary/aromatic N) is 2. The van der Waals surface area contributed by atoms with Crippen molar-refractivity contribution < 1.29 is 0 Å². The maximum absolute atomic E-state index is 10.9. The van der Waals surface area contributed by atoms with Crippen molar-refractivity contribution in [3.05, 3.63) is 45.4 Å². The van der Waals surface area contributed by atoms with Gasteiger partial charge in [0.15, 0.2) is 0 Å². The van der Waals surface area contributed by atoms with Gasteiger partial charge in [-0.05, 0) is 12.1 Å². The zero-order chi connectivity index (χ0) is 9.97. The molecule has 0 saturated heterocycles. The lowest BCUT2D eigenvalue weighted by Gasteiger charge is -1.97. The van der Waals surface area contributed by atoms with Crippen LogP contribution in [0.2, 0.25) is 0 Å². The largest absolute Gasteiger partial charge is 0.361 e. The zero-order valence-electron chi connectivity index (χ0n) is 7.07. The van der Waals surface area contributed by atoms with Crippen LogP contribution in [-0.4, -0.2) is 15.2 Å². The van der Waals surface area contributed by atoms with Crippen molar-refractivity contribution in [2.45, 2.75) is 0 Å². The molecule has 1 N–H and O–H groups in total. The van der Waals surface area contributed by atoms with Crippen molar-refractivity contribution in [1.29, 1.82) is 0 Å². The standard InChI is InChI=1S/C9H6BrN3O/c10-7-3-1-6(2-4-7)8-5-11-13-9(14)12-8/h1-5H,(H,12,13,14). The molecule has 0 aliphatic rings. The molecule has 0 atom stereocenters. The van der Waals surface area contributed by atoms with Gasteiger partial charge < -0.3 is 0 Å². The summed E-state index contributed by atoms with van der Waals surface area (Å²) in [6.45, 7) is 0. The Bertz CT molecular complexity index is 492. The van der Waals surface area contributed by atoms with Gasteiger partial charge in [-0.3, -0.25) is 0 Å². The second-order valence-corrected chi connectivity index (χ2v) is 3.59. The molecule has 0 amide bonds. The summed E-state index contributed by atoms with van der Waals surface area (Å²) in [4.78, 5) is 14.7. The molecule has 70 valence electrons. The number of aromatic nitrogens is 3. The first kappa shape index (κ1) is 9.08. The Labute approximate surface area is 88.1 Å². The maximum Gasteiger partial charge on any atom is 0.361 e. The average molecular weight is 252 g/mol. The molecule has 0 spiro atoms. The summed E-state index contributed by atoms with van der Waals surface area (Å²) in [5.41, 5.74) is 0.999. The van der Waals surface area contributed by atoms with E-state index in [0.717, 1.165) is 10.0 Å². The third kappa shape index (κ3) is 1.88. The molecule has 0 aliphatic carbocycles. The van der Waals surface area contributed by atoms with Gasteiger partial charge in [0.25, 0.3) is 0 Å². The van der Waals surface area contributed by atoms with Crippen molar-refractivity contribution in [3.63, 3.8) is 0 Å². The predicted octanol–water partition coefficient (Wildman–Crippen LogP) is 1.59. The molecule has 1 aromatic heterocycles. The van der Waals surface area contributed by atoms with Crippen LogP contribution < -0.4 is 5.69 Å². The molecule has 14 heavy (non-hydrogen) atoms. The highest BCUT2D eigenvalue weighted by atomic mass is 79.9. The summed E-state index contributed by atoms with van der Waals surface area (Å²) >= 11 is 3.33. The van der Waals surface area contributed by atoms with Crippen molar-refractivity contribution in [1.82, 2.24) is 15.2 Å². The Balaban J connectivity index is 2.50. The SMILES string of the molecule is O=c1nc(-c2ccc(Br)cc2)cn[nH]1. The van der Waals surface area contributed by atoms with Crippen LogP contribution in [0.3, 0.4) is 0 Å². The van der Waals surface area contributed by atoms with E-state index in [2.05, 4.69) is 31.1 Å². The molecule has 2 aromatic rings. The molecule has 0 radical (unpaired) electrons. The van der Waals surface area contributed by atoms with Gasteiger partial charge in [-0.15, -0.1) is 0 Å². The van der Waals surface area contributed by atoms with Gasteiger partial charge >= 0.3 is 5.69 Å². The summed E-state index contributed by atoms with van der Waals surface area (Å²) in [7, 11) is 0. The average Bonchev–Trinajstić information content (AvgIpc) is 2.19. The number of hydrogen-bond donors (Lipinski definition) is 1. The zero-order valence-corrected chi connectivity index (χ0v) is 8.65. The van der Waals surface area contributed by atoms with Crippen LogP contribution in [0, 0.1) is 0 Å². The van der Waals surface area contributed by atoms with Gasteiger partial charge in [-0.2, -0.15) is 10.1 Å². The van der Waals surface area contributed by atoms with E-state index in [0.29, 0.717) is 5.69 Å². The first-order chi connectivity index (χ1) is 6.75. The number of benzene rings is 1. The number of rotatable bonds is 1. The summed E-state index contributed by atoms with van der Waals surface area (Å²) in [5.74, 6) is 0. The van der Waals surface area contributed by atoms with Crippen LogP contribution in [-0.2, 0) is 0 Å². The summed E-state index contributed by atoms with van der Waals surface area (Å²) in [6.07, 6.45) is 1.52. The Kier molecular flexibility index (Phi) is 2.41. The Morgan fingerprint density at radius 3 is 2.57 bits per heavy atom. The number of halogens is 1. The fourth-order valence-electron chi connectivity index (χ4n) is 1.07. The minimum atomic E-state index is -0.439. The van der Waals surface area contributed by atoms with Crippen LogP contribution in [0.15, 0.2) is 39.7 Å². The highest BCUT2D eigenvalue weighted by Crippen LogP contribution is 2.17. The first-order valence-electron chi connectivity index (χ1n) is 3.93. The Hall–Kier alpha value is -1.49. The lowest BCUT2D eigenvalue weighted by Crippen LogP contribution is -2.11. The van der Waals surface area contributed by atoms with Gasteiger partial charge in [-0.1, -0.05) is 28.1 Å². The molecular weight excluding hydrogens is 246 g/mol. The normalized spacial score (nSPS) is 10.1. The smallest absolute Gasteiger partial charge is 0.244 e. The van der Waals surface area contributed by atoms with E-state index in [1.54, 1.807) is 0 Å². The molecule has 0 unspecified atom stereocenters. The fourth-order valence-corrected chi connectivity index (χ4v) is 1.34. The van der Waals surface area contributed by atoms with Gasteiger partial charge in [0.05, 0.1) is 11.9 Å². The van der Waals surface area contributed by atoms with E-state index in [9.17, 15) is 4.79 Å². The quantitative estimate of drug-likeness (QED) is 0.838. The Morgan fingerprint density at radius 1 is 1.21 bits per heavy atom. The van der Waals surface area contributed by atoms with Gasteiger partial charge in [0.1, 0.15) is 0 Å². The second-order valence-electron chi connectivity index (χ2n) is 2.68. The lowest BCUT2D eigenvalue weighted by molar-refractivity contribution is 0.919. The maximum atomic E-state index is 10.9. The lowest BCUT2D eigenvalue weighted by atomic mass is 10.2. The van der Waals surface area contributed by atoms with E-state index in [1.807, 2.05) is 24.3 Å². The Morgan fingerprint density at radius 2 is 1.93 bits per heavy atom. The van der Waals surface area contributed by atoms with Crippen LogP contribution >= 0.6 is 15.9 Å². The van der Waals surface area contributed by atoms with E-state index in [-0.39, 0.29) is 0 Å². The molecule has 0 aliphatic heterocycles. The summed E-state index contributed by atoms with van der Waals surface area (Å²) in [6, 6.07) is 7.51. The molecule has 5 heteroatoms. The molecule has 0 fully saturated rings. The van der Waals surface area contributed by atoms with Crippen molar-refractivity contribution in [2.24, 2.45) is 0 Å². The molecule has 2 rings (SSSR count). The molecule has 0 saturated carbocycles. The number of aromatic amines is 1. The third-order valence-corrected chi connectivity index (χ3v) is 2.24. The van der Waals surface area contributed by atoms with Gasteiger partial charge in [0.2, 0.25) is 0 Å². The van der Waals surface area contributed by atoms with Gasteiger partial charge in [0, 0.05) is 10.0 Å². The number of hydrogen-bond acceptors (Lipinski definition) is 3. The third-order valence-electron chi connectivity index (χ3n) is 1.71. The number of nitrogens with one attached hydrogen (secondary N) is 1. The topological polar surface area (TPSA) is 58.6 Å². The molecular formula is C9H6BrN3O. The van der Waals surface area contributed by atoms with E-state index >= 15 is 0 Å². The second kappa shape index (κ2) is 3.71. The minimum Gasteiger partial charge on any atom is -0.244 e. The van der Waals surface area contributed by atoms with Crippen molar-refractivity contribution in [3.8, 4) is 11.3 Å². The van der Waals surface area contributed by atoms with Crippen molar-refractivity contribution >= 4 is 15.9 Å². The summed E-state index contributed by atoms with van der Waals surface area (Å²) < 4.78 is 0.985. The van der Waals surface area contributed by atoms with E-state index < -0.39 is 5.69 Å². The number of H-pyrrole nitrogens is 1. The van der Waals surface area contributed by atoms with Crippen LogP contribution in [0.25, 0.3) is 11.3 Å². The highest BCUT2D eigenvalue weighted by Gasteiger charge is 1.99. The van der Waals surface area contributed by atoms with Crippen LogP contribution in [0.1, 0.15) is 0 Å². The van der Waals surface area contributed by atoms with E-state index in [1.165, 1.54) is 6.20 Å². The minimum absolute atomic E-state index is 0.439. The van der Waals surface area contributed by atoms with Crippen LogP contribution in [0.5, 0.6) is 0 Å². The predicted molar refractivity (Wildman–Crippen MR) is 55.8 cm³/mol. The summed E-state index contributed by atoms with van der Waals surface area (Å²) in [5, 5.41) is 5.90. The molecule has 1 heterocycles. The van der Waals surface area contributed by atoms with E-state index in [4.69, 9.17) is 0 Å². The molecule has 4 nitrogen and oxygen atoms in total. The fraction of sp³-hybridized carbons (Fsp3) is 0.